The van der Waals surface area contributed by atoms with Gasteiger partial charge in [0, 0.05) is 5.92 Å². The van der Waals surface area contributed by atoms with E-state index in [9.17, 15) is 4.79 Å². The van der Waals surface area contributed by atoms with Gasteiger partial charge in [-0.05, 0) is 12.8 Å². The van der Waals surface area contributed by atoms with Crippen molar-refractivity contribution in [2.75, 3.05) is 0 Å². The second kappa shape index (κ2) is 5.99. The van der Waals surface area contributed by atoms with Crippen molar-refractivity contribution in [3.8, 4) is 6.07 Å². The average molecular weight is 247 g/mol. The van der Waals surface area contributed by atoms with Crippen LogP contribution >= 0.6 is 23.2 Å². The van der Waals surface area contributed by atoms with E-state index in [1.807, 2.05) is 0 Å². The van der Waals surface area contributed by atoms with E-state index >= 15 is 0 Å². The highest BCUT2D eigenvalue weighted by Gasteiger charge is 2.22. The number of nitrogens with one attached hydrogen (secondary N) is 1. The monoisotopic (exact) mass is 246 g/mol. The van der Waals surface area contributed by atoms with Crippen molar-refractivity contribution in [1.82, 2.24) is 5.32 Å². The minimum absolute atomic E-state index is 0.00483. The van der Waals surface area contributed by atoms with E-state index in [1.165, 1.54) is 6.42 Å². The Balaban J connectivity index is 2.55. The number of amides is 1. The molecule has 1 amide bonds. The molecule has 0 aromatic rings. The number of hydrogen-bond acceptors (Lipinski definition) is 2. The van der Waals surface area contributed by atoms with Crippen LogP contribution in [0, 0.1) is 17.2 Å². The molecule has 1 N–H and O–H groups in total. The third kappa shape index (κ3) is 3.73. The summed E-state index contributed by atoms with van der Waals surface area (Å²) in [6, 6.07) is 1.76. The van der Waals surface area contributed by atoms with Gasteiger partial charge in [0.15, 0.2) is 5.70 Å². The summed E-state index contributed by atoms with van der Waals surface area (Å²) in [5, 5.41) is 11.1. The number of carbonyl (C=O) groups excluding carboxylic acids is 1. The smallest absolute Gasteiger partial charge is 0.228 e. The number of allylic oxidation sites excluding steroid dienone is 1. The Bertz CT molecular complexity index is 310. The molecule has 0 saturated heterocycles. The molecule has 0 atom stereocenters. The molecule has 0 bridgehead atoms. The fourth-order valence-electron chi connectivity index (χ4n) is 1.71. The van der Waals surface area contributed by atoms with Crippen molar-refractivity contribution in [1.29, 1.82) is 5.26 Å². The lowest BCUT2D eigenvalue weighted by Crippen LogP contribution is -2.31. The van der Waals surface area contributed by atoms with Crippen LogP contribution in [0.5, 0.6) is 0 Å². The standard InChI is InChI=1S/C10H12Cl2N2O/c11-9(12)8(6-13)14-10(15)7-4-2-1-3-5-7/h7H,1-5H2,(H,14,15). The van der Waals surface area contributed by atoms with Crippen LogP contribution in [0.4, 0.5) is 0 Å². The summed E-state index contributed by atoms with van der Waals surface area (Å²) in [7, 11) is 0. The first-order valence-corrected chi connectivity index (χ1v) is 5.67. The maximum absolute atomic E-state index is 11.7. The molecule has 0 aromatic heterocycles. The van der Waals surface area contributed by atoms with Gasteiger partial charge in [-0.2, -0.15) is 5.26 Å². The molecular weight excluding hydrogens is 235 g/mol. The Hall–Kier alpha value is -0.720. The zero-order chi connectivity index (χ0) is 11.3. The predicted molar refractivity (Wildman–Crippen MR) is 59.1 cm³/mol. The number of nitriles is 1. The topological polar surface area (TPSA) is 52.9 Å². The van der Waals surface area contributed by atoms with Crippen molar-refractivity contribution in [2.24, 2.45) is 5.92 Å². The van der Waals surface area contributed by atoms with E-state index in [4.69, 9.17) is 28.5 Å². The molecule has 3 nitrogen and oxygen atoms in total. The van der Waals surface area contributed by atoms with Gasteiger partial charge in [-0.3, -0.25) is 4.79 Å². The first kappa shape index (κ1) is 12.4. The Morgan fingerprint density at radius 1 is 1.27 bits per heavy atom. The van der Waals surface area contributed by atoms with Gasteiger partial charge in [0.25, 0.3) is 0 Å². The molecule has 1 aliphatic rings. The van der Waals surface area contributed by atoms with Crippen LogP contribution in [0.15, 0.2) is 10.2 Å². The van der Waals surface area contributed by atoms with E-state index in [0.29, 0.717) is 0 Å². The predicted octanol–water partition coefficient (Wildman–Crippen LogP) is 2.85. The van der Waals surface area contributed by atoms with Gasteiger partial charge in [0.1, 0.15) is 10.6 Å². The SMILES string of the molecule is N#CC(NC(=O)C1CCCCC1)=C(Cl)Cl. The molecule has 0 aliphatic heterocycles. The third-order valence-corrected chi connectivity index (χ3v) is 2.90. The van der Waals surface area contributed by atoms with Crippen LogP contribution in [0.25, 0.3) is 0 Å². The van der Waals surface area contributed by atoms with Gasteiger partial charge >= 0.3 is 0 Å². The van der Waals surface area contributed by atoms with Crippen molar-refractivity contribution in [3.63, 3.8) is 0 Å². The fourth-order valence-corrected chi connectivity index (χ4v) is 1.89. The number of carbonyl (C=O) groups is 1. The van der Waals surface area contributed by atoms with E-state index in [-0.39, 0.29) is 22.0 Å². The minimum Gasteiger partial charge on any atom is -0.315 e. The van der Waals surface area contributed by atoms with Crippen LogP contribution in [-0.2, 0) is 4.79 Å². The molecule has 1 fully saturated rings. The van der Waals surface area contributed by atoms with Gasteiger partial charge < -0.3 is 5.32 Å². The molecule has 0 unspecified atom stereocenters. The highest BCUT2D eigenvalue weighted by molar-refractivity contribution is 6.56. The highest BCUT2D eigenvalue weighted by atomic mass is 35.5. The minimum atomic E-state index is -0.193. The molecule has 0 heterocycles. The molecule has 0 spiro atoms. The summed E-state index contributed by atoms with van der Waals surface area (Å²) < 4.78 is -0.193. The maximum Gasteiger partial charge on any atom is 0.228 e. The van der Waals surface area contributed by atoms with Gasteiger partial charge in [-0.1, -0.05) is 42.5 Å². The van der Waals surface area contributed by atoms with Gasteiger partial charge in [-0.15, -0.1) is 0 Å². The maximum atomic E-state index is 11.7. The fraction of sp³-hybridized carbons (Fsp3) is 0.600. The summed E-state index contributed by atoms with van der Waals surface area (Å²) in [6.07, 6.45) is 5.08. The zero-order valence-electron chi connectivity index (χ0n) is 8.22. The quantitative estimate of drug-likeness (QED) is 0.763. The highest BCUT2D eigenvalue weighted by Crippen LogP contribution is 2.24. The van der Waals surface area contributed by atoms with Crippen molar-refractivity contribution < 1.29 is 4.79 Å². The molecule has 5 heteroatoms. The molecule has 1 saturated carbocycles. The summed E-state index contributed by atoms with van der Waals surface area (Å²) in [6.45, 7) is 0. The molecule has 1 aliphatic carbocycles. The second-order valence-electron chi connectivity index (χ2n) is 3.57. The van der Waals surface area contributed by atoms with Crippen LogP contribution in [-0.4, -0.2) is 5.91 Å². The van der Waals surface area contributed by atoms with Crippen LogP contribution in [0.1, 0.15) is 32.1 Å². The number of hydrogen-bond donors (Lipinski definition) is 1. The van der Waals surface area contributed by atoms with Crippen molar-refractivity contribution in [3.05, 3.63) is 10.2 Å². The van der Waals surface area contributed by atoms with Crippen molar-refractivity contribution in [2.45, 2.75) is 32.1 Å². The number of rotatable bonds is 2. The molecular formula is C10H12Cl2N2O. The Labute approximate surface area is 99.0 Å². The largest absolute Gasteiger partial charge is 0.315 e. The van der Waals surface area contributed by atoms with E-state index < -0.39 is 0 Å². The Morgan fingerprint density at radius 3 is 2.33 bits per heavy atom. The van der Waals surface area contributed by atoms with Crippen LogP contribution in [0.2, 0.25) is 0 Å². The summed E-state index contributed by atoms with van der Waals surface area (Å²) in [5.74, 6) is -0.153. The van der Waals surface area contributed by atoms with Crippen LogP contribution < -0.4 is 5.32 Å². The number of halogens is 2. The van der Waals surface area contributed by atoms with E-state index in [2.05, 4.69) is 5.32 Å². The summed E-state index contributed by atoms with van der Waals surface area (Å²) >= 11 is 10.9. The lowest BCUT2D eigenvalue weighted by molar-refractivity contribution is -0.125. The number of nitrogens with zero attached hydrogens (tertiary/aromatic N) is 1. The molecule has 1 rings (SSSR count). The van der Waals surface area contributed by atoms with Crippen LogP contribution in [0.3, 0.4) is 0 Å². The Morgan fingerprint density at radius 2 is 1.87 bits per heavy atom. The van der Waals surface area contributed by atoms with Gasteiger partial charge in [0.2, 0.25) is 5.91 Å². The second-order valence-corrected chi connectivity index (χ2v) is 4.52. The summed E-state index contributed by atoms with van der Waals surface area (Å²) in [4.78, 5) is 11.7. The molecule has 0 aromatic carbocycles. The molecule has 82 valence electrons. The third-order valence-electron chi connectivity index (χ3n) is 2.52. The van der Waals surface area contributed by atoms with Gasteiger partial charge in [0.05, 0.1) is 0 Å². The molecule has 15 heavy (non-hydrogen) atoms. The van der Waals surface area contributed by atoms with E-state index in [0.717, 1.165) is 25.7 Å². The first-order chi connectivity index (χ1) is 7.15. The lowest BCUT2D eigenvalue weighted by Gasteiger charge is -2.20. The van der Waals surface area contributed by atoms with Crippen molar-refractivity contribution >= 4 is 29.1 Å². The summed E-state index contributed by atoms with van der Waals surface area (Å²) in [5.41, 5.74) is -0.0612. The molecule has 0 radical (unpaired) electrons. The normalized spacial score (nSPS) is 16.6. The first-order valence-electron chi connectivity index (χ1n) is 4.91. The zero-order valence-corrected chi connectivity index (χ0v) is 9.74. The Kier molecular flexibility index (Phi) is 4.93. The lowest BCUT2D eigenvalue weighted by atomic mass is 9.88. The average Bonchev–Trinajstić information content (AvgIpc) is 2.26. The van der Waals surface area contributed by atoms with Gasteiger partial charge in [-0.25, -0.2) is 0 Å². The van der Waals surface area contributed by atoms with E-state index in [1.54, 1.807) is 6.07 Å².